The molecule has 0 aliphatic rings. The third-order valence-corrected chi connectivity index (χ3v) is 3.77. The Morgan fingerprint density at radius 2 is 2.00 bits per heavy atom. The number of aromatic amines is 1. The van der Waals surface area contributed by atoms with E-state index < -0.39 is 0 Å². The van der Waals surface area contributed by atoms with Gasteiger partial charge in [-0.15, -0.1) is 0 Å². The van der Waals surface area contributed by atoms with E-state index in [9.17, 15) is 4.79 Å². The van der Waals surface area contributed by atoms with Gasteiger partial charge in [0.1, 0.15) is 5.75 Å². The number of aryl methyl sites for hydroxylation is 1. The third kappa shape index (κ3) is 3.63. The van der Waals surface area contributed by atoms with Gasteiger partial charge in [0.2, 0.25) is 5.91 Å². The lowest BCUT2D eigenvalue weighted by Crippen LogP contribution is -2.14. The number of hydrogen-bond donors (Lipinski definition) is 2. The van der Waals surface area contributed by atoms with E-state index in [0.717, 1.165) is 34.0 Å². The Balaban J connectivity index is 1.65. The number of amides is 1. The average molecular weight is 321 g/mol. The summed E-state index contributed by atoms with van der Waals surface area (Å²) in [5.74, 6) is 0.686. The van der Waals surface area contributed by atoms with Crippen LogP contribution in [0.1, 0.15) is 11.3 Å². The summed E-state index contributed by atoms with van der Waals surface area (Å²) in [4.78, 5) is 19.5. The fourth-order valence-corrected chi connectivity index (χ4v) is 2.53. The molecule has 2 N–H and O–H groups in total. The molecule has 0 fully saturated rings. The van der Waals surface area contributed by atoms with Crippen molar-refractivity contribution in [1.82, 2.24) is 9.97 Å². The minimum Gasteiger partial charge on any atom is -0.497 e. The molecule has 5 heteroatoms. The van der Waals surface area contributed by atoms with Crippen LogP contribution < -0.4 is 10.1 Å². The normalized spacial score (nSPS) is 10.4. The highest BCUT2D eigenvalue weighted by atomic mass is 16.5. The molecule has 1 aromatic heterocycles. The van der Waals surface area contributed by atoms with Crippen LogP contribution in [0.15, 0.2) is 54.9 Å². The maximum Gasteiger partial charge on any atom is 0.228 e. The molecule has 3 aromatic rings. The molecule has 1 amide bonds. The van der Waals surface area contributed by atoms with Gasteiger partial charge in [-0.25, -0.2) is 4.98 Å². The van der Waals surface area contributed by atoms with Crippen LogP contribution >= 0.6 is 0 Å². The number of carbonyl (C=O) groups excluding carboxylic acids is 1. The summed E-state index contributed by atoms with van der Waals surface area (Å²) >= 11 is 0. The van der Waals surface area contributed by atoms with Gasteiger partial charge in [-0.05, 0) is 36.8 Å². The molecular formula is C19H19N3O2. The minimum absolute atomic E-state index is 0.0630. The summed E-state index contributed by atoms with van der Waals surface area (Å²) in [6, 6.07) is 15.2. The highest BCUT2D eigenvalue weighted by Crippen LogP contribution is 2.22. The molecule has 0 unspecified atom stereocenters. The first-order chi connectivity index (χ1) is 11.7. The van der Waals surface area contributed by atoms with Crippen LogP contribution in [-0.2, 0) is 11.2 Å². The lowest BCUT2D eigenvalue weighted by Gasteiger charge is -2.07. The Hall–Kier alpha value is -3.08. The topological polar surface area (TPSA) is 67.0 Å². The Kier molecular flexibility index (Phi) is 4.61. The number of rotatable bonds is 5. The lowest BCUT2D eigenvalue weighted by atomic mass is 10.1. The average Bonchev–Trinajstić information content (AvgIpc) is 3.01. The van der Waals surface area contributed by atoms with Gasteiger partial charge in [0.15, 0.2) is 0 Å². The van der Waals surface area contributed by atoms with E-state index in [0.29, 0.717) is 6.42 Å². The second-order valence-corrected chi connectivity index (χ2v) is 5.53. The van der Waals surface area contributed by atoms with Crippen molar-refractivity contribution in [3.05, 3.63) is 66.1 Å². The first kappa shape index (κ1) is 15.8. The molecule has 0 saturated carbocycles. The predicted octanol–water partition coefficient (Wildman–Crippen LogP) is 3.57. The highest BCUT2D eigenvalue weighted by molar-refractivity contribution is 5.92. The smallest absolute Gasteiger partial charge is 0.228 e. The van der Waals surface area contributed by atoms with E-state index >= 15 is 0 Å². The standard InChI is InChI=1S/C19H19N3O2/c1-13-19(21-12-20-13)15-6-8-16(9-7-15)22-18(23)11-14-4-3-5-17(10-14)24-2/h3-10,12H,11H2,1-2H3,(H,20,21)(H,22,23). The second-order valence-electron chi connectivity index (χ2n) is 5.53. The zero-order valence-corrected chi connectivity index (χ0v) is 13.7. The number of nitrogens with zero attached hydrogens (tertiary/aromatic N) is 1. The lowest BCUT2D eigenvalue weighted by molar-refractivity contribution is -0.115. The number of H-pyrrole nitrogens is 1. The number of ether oxygens (including phenoxy) is 1. The first-order valence-electron chi connectivity index (χ1n) is 7.69. The van der Waals surface area contributed by atoms with Crippen molar-refractivity contribution in [2.24, 2.45) is 0 Å². The molecule has 3 rings (SSSR count). The van der Waals surface area contributed by atoms with Crippen molar-refractivity contribution in [3.8, 4) is 17.0 Å². The van der Waals surface area contributed by atoms with Gasteiger partial charge in [0.05, 0.1) is 25.6 Å². The zero-order chi connectivity index (χ0) is 16.9. The van der Waals surface area contributed by atoms with Crippen LogP contribution in [0.2, 0.25) is 0 Å². The molecule has 2 aromatic carbocycles. The molecule has 0 radical (unpaired) electrons. The fraction of sp³-hybridized carbons (Fsp3) is 0.158. The van der Waals surface area contributed by atoms with E-state index in [1.165, 1.54) is 0 Å². The van der Waals surface area contributed by atoms with Crippen LogP contribution in [0.5, 0.6) is 5.75 Å². The van der Waals surface area contributed by atoms with Crippen molar-refractivity contribution in [1.29, 1.82) is 0 Å². The van der Waals surface area contributed by atoms with Crippen LogP contribution in [0.25, 0.3) is 11.3 Å². The molecule has 0 aliphatic heterocycles. The number of nitrogens with one attached hydrogen (secondary N) is 2. The Bertz CT molecular complexity index is 838. The van der Waals surface area contributed by atoms with Crippen molar-refractivity contribution >= 4 is 11.6 Å². The third-order valence-electron chi connectivity index (χ3n) is 3.77. The number of imidazole rings is 1. The minimum atomic E-state index is -0.0630. The molecule has 0 aliphatic carbocycles. The second kappa shape index (κ2) is 7.00. The molecular weight excluding hydrogens is 302 g/mol. The molecule has 0 saturated heterocycles. The van der Waals surface area contributed by atoms with E-state index in [-0.39, 0.29) is 5.91 Å². The molecule has 0 spiro atoms. The van der Waals surface area contributed by atoms with E-state index in [1.54, 1.807) is 13.4 Å². The number of carbonyl (C=O) groups is 1. The van der Waals surface area contributed by atoms with Crippen LogP contribution in [-0.4, -0.2) is 23.0 Å². The van der Waals surface area contributed by atoms with Crippen molar-refractivity contribution in [2.45, 2.75) is 13.3 Å². The highest BCUT2D eigenvalue weighted by Gasteiger charge is 2.07. The van der Waals surface area contributed by atoms with Gasteiger partial charge in [-0.3, -0.25) is 4.79 Å². The summed E-state index contributed by atoms with van der Waals surface area (Å²) in [6.45, 7) is 1.98. The number of methoxy groups -OCH3 is 1. The van der Waals surface area contributed by atoms with Gasteiger partial charge in [-0.1, -0.05) is 24.3 Å². The van der Waals surface area contributed by atoms with Gasteiger partial charge in [0.25, 0.3) is 0 Å². The maximum absolute atomic E-state index is 12.2. The van der Waals surface area contributed by atoms with Crippen LogP contribution in [0.3, 0.4) is 0 Å². The SMILES string of the molecule is COc1cccc(CC(=O)Nc2ccc(-c3nc[nH]c3C)cc2)c1. The summed E-state index contributed by atoms with van der Waals surface area (Å²) in [5, 5.41) is 2.91. The van der Waals surface area contributed by atoms with E-state index in [2.05, 4.69) is 15.3 Å². The molecule has 0 atom stereocenters. The predicted molar refractivity (Wildman–Crippen MR) is 94.1 cm³/mol. The molecule has 1 heterocycles. The van der Waals surface area contributed by atoms with E-state index in [4.69, 9.17) is 4.74 Å². The van der Waals surface area contributed by atoms with E-state index in [1.807, 2.05) is 55.5 Å². The zero-order valence-electron chi connectivity index (χ0n) is 13.7. The van der Waals surface area contributed by atoms with Crippen LogP contribution in [0.4, 0.5) is 5.69 Å². The Morgan fingerprint density at radius 1 is 1.21 bits per heavy atom. The van der Waals surface area contributed by atoms with Gasteiger partial charge < -0.3 is 15.0 Å². The van der Waals surface area contributed by atoms with Crippen molar-refractivity contribution in [3.63, 3.8) is 0 Å². The summed E-state index contributed by atoms with van der Waals surface area (Å²) < 4.78 is 5.17. The number of aromatic nitrogens is 2. The molecule has 122 valence electrons. The molecule has 5 nitrogen and oxygen atoms in total. The van der Waals surface area contributed by atoms with Gasteiger partial charge in [-0.2, -0.15) is 0 Å². The van der Waals surface area contributed by atoms with Crippen molar-refractivity contribution in [2.75, 3.05) is 12.4 Å². The van der Waals surface area contributed by atoms with Crippen LogP contribution in [0, 0.1) is 6.92 Å². The maximum atomic E-state index is 12.2. The largest absolute Gasteiger partial charge is 0.497 e. The Labute approximate surface area is 140 Å². The van der Waals surface area contributed by atoms with Gasteiger partial charge >= 0.3 is 0 Å². The van der Waals surface area contributed by atoms with Crippen molar-refractivity contribution < 1.29 is 9.53 Å². The molecule has 0 bridgehead atoms. The number of anilines is 1. The molecule has 24 heavy (non-hydrogen) atoms. The number of hydrogen-bond acceptors (Lipinski definition) is 3. The van der Waals surface area contributed by atoms with Gasteiger partial charge in [0, 0.05) is 16.9 Å². The quantitative estimate of drug-likeness (QED) is 0.755. The fourth-order valence-electron chi connectivity index (χ4n) is 2.53. The Morgan fingerprint density at radius 3 is 2.67 bits per heavy atom. The summed E-state index contributed by atoms with van der Waals surface area (Å²) in [6.07, 6.45) is 1.98. The monoisotopic (exact) mass is 321 g/mol. The number of benzene rings is 2. The summed E-state index contributed by atoms with van der Waals surface area (Å²) in [5.41, 5.74) is 4.63. The summed E-state index contributed by atoms with van der Waals surface area (Å²) in [7, 11) is 1.61. The first-order valence-corrected chi connectivity index (χ1v) is 7.69.